The minimum Gasteiger partial charge on any atom is -0.383 e. The van der Waals surface area contributed by atoms with Crippen molar-refractivity contribution in [2.45, 2.75) is 6.54 Å². The molecule has 0 atom stereocenters. The van der Waals surface area contributed by atoms with Crippen molar-refractivity contribution in [1.29, 1.82) is 0 Å². The van der Waals surface area contributed by atoms with E-state index >= 15 is 0 Å². The maximum Gasteiger partial charge on any atom is 0.161 e. The lowest BCUT2D eigenvalue weighted by molar-refractivity contribution is 0.628. The summed E-state index contributed by atoms with van der Waals surface area (Å²) in [6.45, 7) is 0.301. The van der Waals surface area contributed by atoms with Gasteiger partial charge in [-0.2, -0.15) is 0 Å². The fourth-order valence-electron chi connectivity index (χ4n) is 1.32. The van der Waals surface area contributed by atoms with E-state index in [1.165, 1.54) is 12.1 Å². The van der Waals surface area contributed by atoms with Gasteiger partial charge in [0.25, 0.3) is 0 Å². The third-order valence-electron chi connectivity index (χ3n) is 2.22. The second-order valence-corrected chi connectivity index (χ2v) is 3.32. The molecule has 5 heteroatoms. The van der Waals surface area contributed by atoms with E-state index < -0.39 is 0 Å². The Hall–Kier alpha value is -2.01. The van der Waals surface area contributed by atoms with Gasteiger partial charge in [-0.15, -0.1) is 0 Å². The summed E-state index contributed by atoms with van der Waals surface area (Å²) in [5.74, 6) is 0.529. The molecule has 0 saturated heterocycles. The van der Waals surface area contributed by atoms with E-state index in [-0.39, 0.29) is 5.82 Å². The lowest BCUT2D eigenvalue weighted by Crippen LogP contribution is -2.05. The number of aromatic nitrogens is 2. The summed E-state index contributed by atoms with van der Waals surface area (Å²) in [6.07, 6.45) is 1.58. The van der Waals surface area contributed by atoms with E-state index in [1.54, 1.807) is 18.3 Å². The first-order chi connectivity index (χ1) is 7.70. The van der Waals surface area contributed by atoms with Gasteiger partial charge in [0.15, 0.2) is 5.82 Å². The average molecular weight is 218 g/mol. The summed E-state index contributed by atoms with van der Waals surface area (Å²) < 4.78 is 12.7. The van der Waals surface area contributed by atoms with Crippen molar-refractivity contribution in [2.24, 2.45) is 5.73 Å². The van der Waals surface area contributed by atoms with Crippen LogP contribution in [-0.4, -0.2) is 9.97 Å². The predicted octanol–water partition coefficient (Wildman–Crippen LogP) is 1.32. The third-order valence-corrected chi connectivity index (χ3v) is 2.22. The van der Waals surface area contributed by atoms with Crippen LogP contribution >= 0.6 is 0 Å². The van der Waals surface area contributed by atoms with Crippen LogP contribution in [0.3, 0.4) is 0 Å². The molecule has 0 bridgehead atoms. The highest BCUT2D eigenvalue weighted by molar-refractivity contribution is 5.57. The first kappa shape index (κ1) is 10.5. The predicted molar refractivity (Wildman–Crippen MR) is 59.7 cm³/mol. The number of hydrogen-bond donors (Lipinski definition) is 2. The number of nitrogen functional groups attached to an aromatic ring is 1. The van der Waals surface area contributed by atoms with Crippen LogP contribution in [0.4, 0.5) is 10.2 Å². The molecule has 0 radical (unpaired) electrons. The quantitative estimate of drug-likeness (QED) is 0.797. The number of halogens is 1. The Balaban J connectivity index is 2.41. The molecule has 0 spiro atoms. The average Bonchev–Trinajstić information content (AvgIpc) is 2.30. The summed E-state index contributed by atoms with van der Waals surface area (Å²) in [5.41, 5.74) is 12.6. The van der Waals surface area contributed by atoms with Crippen LogP contribution in [0.25, 0.3) is 11.4 Å². The highest BCUT2D eigenvalue weighted by Gasteiger charge is 2.05. The second kappa shape index (κ2) is 4.24. The first-order valence-electron chi connectivity index (χ1n) is 4.78. The molecule has 0 unspecified atom stereocenters. The van der Waals surface area contributed by atoms with Crippen LogP contribution < -0.4 is 11.5 Å². The van der Waals surface area contributed by atoms with E-state index in [1.807, 2.05) is 0 Å². The third kappa shape index (κ3) is 1.99. The van der Waals surface area contributed by atoms with E-state index in [0.717, 1.165) is 5.56 Å². The molecule has 1 heterocycles. The Labute approximate surface area is 92.1 Å². The molecule has 0 saturated carbocycles. The molecule has 2 aromatic rings. The zero-order valence-electron chi connectivity index (χ0n) is 8.52. The van der Waals surface area contributed by atoms with Crippen molar-refractivity contribution in [3.8, 4) is 11.4 Å². The fourth-order valence-corrected chi connectivity index (χ4v) is 1.32. The Kier molecular flexibility index (Phi) is 2.78. The van der Waals surface area contributed by atoms with Crippen molar-refractivity contribution < 1.29 is 4.39 Å². The van der Waals surface area contributed by atoms with Gasteiger partial charge >= 0.3 is 0 Å². The van der Waals surface area contributed by atoms with Crippen molar-refractivity contribution in [3.63, 3.8) is 0 Å². The van der Waals surface area contributed by atoms with Gasteiger partial charge in [0.05, 0.1) is 0 Å². The number of benzene rings is 1. The number of anilines is 1. The monoisotopic (exact) mass is 218 g/mol. The SMILES string of the molecule is NCc1cnc(-c2ccc(F)cc2)nc1N. The molecule has 0 aliphatic heterocycles. The molecule has 4 nitrogen and oxygen atoms in total. The molecule has 4 N–H and O–H groups in total. The summed E-state index contributed by atoms with van der Waals surface area (Å²) in [6, 6.07) is 5.91. The van der Waals surface area contributed by atoms with Gasteiger partial charge in [0.1, 0.15) is 11.6 Å². The van der Waals surface area contributed by atoms with E-state index in [4.69, 9.17) is 11.5 Å². The van der Waals surface area contributed by atoms with E-state index in [9.17, 15) is 4.39 Å². The van der Waals surface area contributed by atoms with Crippen molar-refractivity contribution in [1.82, 2.24) is 9.97 Å². The fraction of sp³-hybridized carbons (Fsp3) is 0.0909. The Morgan fingerprint density at radius 1 is 1.19 bits per heavy atom. The maximum absolute atomic E-state index is 12.7. The van der Waals surface area contributed by atoms with E-state index in [0.29, 0.717) is 23.8 Å². The Morgan fingerprint density at radius 3 is 2.44 bits per heavy atom. The summed E-state index contributed by atoms with van der Waals surface area (Å²) in [7, 11) is 0. The van der Waals surface area contributed by atoms with Crippen LogP contribution in [0.15, 0.2) is 30.5 Å². The van der Waals surface area contributed by atoms with Crippen molar-refractivity contribution in [3.05, 3.63) is 41.8 Å². The molecule has 0 aliphatic rings. The van der Waals surface area contributed by atoms with Gasteiger partial charge in [-0.25, -0.2) is 14.4 Å². The highest BCUT2D eigenvalue weighted by atomic mass is 19.1. The lowest BCUT2D eigenvalue weighted by atomic mass is 10.2. The number of nitrogens with two attached hydrogens (primary N) is 2. The Bertz CT molecular complexity index is 496. The minimum absolute atomic E-state index is 0.296. The standard InChI is InChI=1S/C11H11FN4/c12-9-3-1-7(2-4-9)11-15-6-8(5-13)10(14)16-11/h1-4,6H,5,13H2,(H2,14,15,16). The minimum atomic E-state index is -0.296. The molecule has 0 aliphatic carbocycles. The van der Waals surface area contributed by atoms with Crippen LogP contribution in [-0.2, 0) is 6.54 Å². The smallest absolute Gasteiger partial charge is 0.161 e. The van der Waals surface area contributed by atoms with Crippen molar-refractivity contribution in [2.75, 3.05) is 5.73 Å². The van der Waals surface area contributed by atoms with Crippen LogP contribution in [0, 0.1) is 5.82 Å². The molecular weight excluding hydrogens is 207 g/mol. The lowest BCUT2D eigenvalue weighted by Gasteiger charge is -2.04. The number of hydrogen-bond acceptors (Lipinski definition) is 4. The zero-order valence-corrected chi connectivity index (χ0v) is 8.52. The zero-order chi connectivity index (χ0) is 11.5. The van der Waals surface area contributed by atoms with E-state index in [2.05, 4.69) is 9.97 Å². The molecule has 16 heavy (non-hydrogen) atoms. The molecule has 1 aromatic heterocycles. The van der Waals surface area contributed by atoms with Gasteiger partial charge in [-0.05, 0) is 24.3 Å². The van der Waals surface area contributed by atoms with Gasteiger partial charge in [-0.1, -0.05) is 0 Å². The molecule has 0 fully saturated rings. The second-order valence-electron chi connectivity index (χ2n) is 3.32. The van der Waals surface area contributed by atoms with Crippen molar-refractivity contribution >= 4 is 5.82 Å². The summed E-state index contributed by atoms with van der Waals surface area (Å²) in [5, 5.41) is 0. The van der Waals surface area contributed by atoms with Gasteiger partial charge in [0.2, 0.25) is 0 Å². The molecule has 1 aromatic carbocycles. The topological polar surface area (TPSA) is 77.8 Å². The number of rotatable bonds is 2. The van der Waals surface area contributed by atoms with Gasteiger partial charge < -0.3 is 11.5 Å². The highest BCUT2D eigenvalue weighted by Crippen LogP contribution is 2.17. The molecular formula is C11H11FN4. The Morgan fingerprint density at radius 2 is 1.88 bits per heavy atom. The first-order valence-corrected chi connectivity index (χ1v) is 4.78. The molecule has 82 valence electrons. The van der Waals surface area contributed by atoms with Gasteiger partial charge in [0, 0.05) is 23.9 Å². The molecule has 2 rings (SSSR count). The van der Waals surface area contributed by atoms with Gasteiger partial charge in [-0.3, -0.25) is 0 Å². The van der Waals surface area contributed by atoms with Crippen LogP contribution in [0.1, 0.15) is 5.56 Å². The number of nitrogens with zero attached hydrogens (tertiary/aromatic N) is 2. The maximum atomic E-state index is 12.7. The molecule has 0 amide bonds. The summed E-state index contributed by atoms with van der Waals surface area (Å²) in [4.78, 5) is 8.22. The largest absolute Gasteiger partial charge is 0.383 e. The van der Waals surface area contributed by atoms with Crippen LogP contribution in [0.2, 0.25) is 0 Å². The summed E-state index contributed by atoms with van der Waals surface area (Å²) >= 11 is 0. The van der Waals surface area contributed by atoms with Crippen LogP contribution in [0.5, 0.6) is 0 Å². The normalized spacial score (nSPS) is 10.4.